The van der Waals surface area contributed by atoms with Gasteiger partial charge in [-0.25, -0.2) is 0 Å². The van der Waals surface area contributed by atoms with Crippen molar-refractivity contribution in [2.75, 3.05) is 0 Å². The second-order valence-corrected chi connectivity index (χ2v) is 5.61. The van der Waals surface area contributed by atoms with Crippen LogP contribution in [0.5, 0.6) is 0 Å². The number of primary amides is 2. The van der Waals surface area contributed by atoms with E-state index in [1.165, 1.54) is 0 Å². The van der Waals surface area contributed by atoms with Gasteiger partial charge in [0.15, 0.2) is 9.75 Å². The number of hydrogen-bond acceptors (Lipinski definition) is 2. The van der Waals surface area contributed by atoms with E-state index in [-0.39, 0.29) is 0 Å². The standard InChI is InChI=1S/C10H6Cl2F6N2O2/c11-8(12)3(5(19)21)1-7(9(13,14)15,10(16,17)18)2-4(8)6(20)22/h1-2H,(H2,19,21)(H2,20,22). The molecule has 0 aromatic carbocycles. The number of alkyl halides is 8. The van der Waals surface area contributed by atoms with Crippen LogP contribution in [0.1, 0.15) is 0 Å². The number of carbonyl (C=O) groups excluding carboxylic acids is 2. The van der Waals surface area contributed by atoms with Crippen molar-refractivity contribution in [2.45, 2.75) is 16.7 Å². The largest absolute Gasteiger partial charge is 0.410 e. The zero-order chi connectivity index (χ0) is 17.7. The van der Waals surface area contributed by atoms with E-state index >= 15 is 0 Å². The molecule has 12 heteroatoms. The van der Waals surface area contributed by atoms with Gasteiger partial charge in [0.2, 0.25) is 11.8 Å². The Bertz CT molecular complexity index is 541. The molecule has 2 amide bonds. The Labute approximate surface area is 128 Å². The fourth-order valence-electron chi connectivity index (χ4n) is 1.76. The van der Waals surface area contributed by atoms with Crippen LogP contribution < -0.4 is 11.5 Å². The highest BCUT2D eigenvalue weighted by Gasteiger charge is 2.71. The molecule has 0 bridgehead atoms. The average molecular weight is 371 g/mol. The highest BCUT2D eigenvalue weighted by atomic mass is 35.5. The third kappa shape index (κ3) is 2.65. The van der Waals surface area contributed by atoms with Gasteiger partial charge in [0.25, 0.3) is 0 Å². The first-order valence-electron chi connectivity index (χ1n) is 5.15. The summed E-state index contributed by atoms with van der Waals surface area (Å²) in [6.07, 6.45) is -13.0. The molecule has 124 valence electrons. The molecule has 0 aromatic heterocycles. The molecule has 0 aliphatic heterocycles. The van der Waals surface area contributed by atoms with Crippen LogP contribution in [0.4, 0.5) is 26.3 Å². The van der Waals surface area contributed by atoms with Crippen molar-refractivity contribution in [3.63, 3.8) is 0 Å². The fraction of sp³-hybridized carbons (Fsp3) is 0.400. The van der Waals surface area contributed by atoms with Crippen molar-refractivity contribution in [3.8, 4) is 0 Å². The van der Waals surface area contributed by atoms with Gasteiger partial charge in [0.1, 0.15) is 0 Å². The van der Waals surface area contributed by atoms with E-state index in [1.54, 1.807) is 0 Å². The fourth-order valence-corrected chi connectivity index (χ4v) is 2.35. The van der Waals surface area contributed by atoms with Crippen molar-refractivity contribution in [3.05, 3.63) is 23.3 Å². The molecule has 1 aliphatic carbocycles. The molecular weight excluding hydrogens is 365 g/mol. The zero-order valence-electron chi connectivity index (χ0n) is 10.1. The average Bonchev–Trinajstić information content (AvgIpc) is 2.23. The lowest BCUT2D eigenvalue weighted by atomic mass is 9.76. The molecule has 4 nitrogen and oxygen atoms in total. The first-order chi connectivity index (χ1) is 9.58. The summed E-state index contributed by atoms with van der Waals surface area (Å²) < 4.78 is 75.3. The van der Waals surface area contributed by atoms with Crippen molar-refractivity contribution in [1.29, 1.82) is 0 Å². The molecule has 1 rings (SSSR count). The van der Waals surface area contributed by atoms with Gasteiger partial charge in [-0.15, -0.1) is 0 Å². The van der Waals surface area contributed by atoms with Crippen LogP contribution in [0, 0.1) is 5.41 Å². The molecule has 4 N–H and O–H groups in total. The van der Waals surface area contributed by atoms with E-state index in [1.807, 2.05) is 0 Å². The van der Waals surface area contributed by atoms with Gasteiger partial charge >= 0.3 is 12.4 Å². The summed E-state index contributed by atoms with van der Waals surface area (Å²) >= 11 is 11.0. The highest BCUT2D eigenvalue weighted by Crippen LogP contribution is 2.58. The lowest BCUT2D eigenvalue weighted by molar-refractivity contribution is -0.303. The van der Waals surface area contributed by atoms with E-state index in [9.17, 15) is 35.9 Å². The summed E-state index contributed by atoms with van der Waals surface area (Å²) in [5.41, 5.74) is 1.85. The second kappa shape index (κ2) is 5.05. The molecule has 0 saturated carbocycles. The van der Waals surface area contributed by atoms with E-state index < -0.39 is 57.2 Å². The van der Waals surface area contributed by atoms with Crippen molar-refractivity contribution in [2.24, 2.45) is 16.9 Å². The molecule has 0 unspecified atom stereocenters. The summed E-state index contributed by atoms with van der Waals surface area (Å²) in [5, 5.41) is 0. The van der Waals surface area contributed by atoms with Crippen LogP contribution in [0.3, 0.4) is 0 Å². The highest BCUT2D eigenvalue weighted by molar-refractivity contribution is 6.56. The molecule has 1 aliphatic rings. The van der Waals surface area contributed by atoms with Gasteiger partial charge in [-0.1, -0.05) is 23.2 Å². The van der Waals surface area contributed by atoms with E-state index in [0.29, 0.717) is 0 Å². The quantitative estimate of drug-likeness (QED) is 0.576. The van der Waals surface area contributed by atoms with Gasteiger partial charge in [0.05, 0.1) is 11.1 Å². The van der Waals surface area contributed by atoms with Gasteiger partial charge in [-0.05, 0) is 12.2 Å². The Morgan fingerprint density at radius 2 is 1.14 bits per heavy atom. The molecule has 0 radical (unpaired) electrons. The number of allylic oxidation sites excluding steroid dienone is 2. The van der Waals surface area contributed by atoms with Gasteiger partial charge in [-0.2, -0.15) is 26.3 Å². The summed E-state index contributed by atoms with van der Waals surface area (Å²) in [5.74, 6) is -3.54. The molecule has 0 fully saturated rings. The molecule has 0 atom stereocenters. The van der Waals surface area contributed by atoms with Crippen LogP contribution in [-0.4, -0.2) is 28.5 Å². The molecule has 0 aromatic rings. The van der Waals surface area contributed by atoms with Gasteiger partial charge < -0.3 is 11.5 Å². The van der Waals surface area contributed by atoms with Crippen LogP contribution in [0.15, 0.2) is 23.3 Å². The smallest absolute Gasteiger partial charge is 0.366 e. The number of carbonyl (C=O) groups is 2. The number of hydrogen-bond donors (Lipinski definition) is 2. The Morgan fingerprint density at radius 1 is 0.864 bits per heavy atom. The summed E-state index contributed by atoms with van der Waals surface area (Å²) in [4.78, 5) is 22.3. The maximum Gasteiger partial charge on any atom is 0.410 e. The molecule has 0 heterocycles. The number of halogens is 8. The normalized spacial score (nSPS) is 20.9. The first kappa shape index (κ1) is 18.6. The number of rotatable bonds is 2. The lowest BCUT2D eigenvalue weighted by Gasteiger charge is -2.39. The second-order valence-electron chi connectivity index (χ2n) is 4.28. The number of nitrogens with two attached hydrogens (primary N) is 2. The van der Waals surface area contributed by atoms with E-state index in [4.69, 9.17) is 34.7 Å². The van der Waals surface area contributed by atoms with Crippen molar-refractivity contribution < 1.29 is 35.9 Å². The molecule has 22 heavy (non-hydrogen) atoms. The minimum Gasteiger partial charge on any atom is -0.366 e. The number of amides is 2. The van der Waals surface area contributed by atoms with Gasteiger partial charge in [0, 0.05) is 0 Å². The predicted molar refractivity (Wildman–Crippen MR) is 63.5 cm³/mol. The monoisotopic (exact) mass is 370 g/mol. The lowest BCUT2D eigenvalue weighted by Crippen LogP contribution is -2.52. The van der Waals surface area contributed by atoms with E-state index in [2.05, 4.69) is 0 Å². The van der Waals surface area contributed by atoms with Crippen LogP contribution in [-0.2, 0) is 9.59 Å². The van der Waals surface area contributed by atoms with Crippen LogP contribution in [0.2, 0.25) is 0 Å². The molecular formula is C10H6Cl2F6N2O2. The summed E-state index contributed by atoms with van der Waals surface area (Å²) in [6.45, 7) is 0. The van der Waals surface area contributed by atoms with Gasteiger partial charge in [-0.3, -0.25) is 9.59 Å². The van der Waals surface area contributed by atoms with E-state index in [0.717, 1.165) is 0 Å². The minimum atomic E-state index is -5.96. The molecule has 0 saturated heterocycles. The van der Waals surface area contributed by atoms with Crippen molar-refractivity contribution >= 4 is 35.0 Å². The topological polar surface area (TPSA) is 86.2 Å². The maximum absolute atomic E-state index is 13.0. The Kier molecular flexibility index (Phi) is 4.28. The Balaban J connectivity index is 3.90. The third-order valence-corrected chi connectivity index (χ3v) is 3.70. The Morgan fingerprint density at radius 3 is 1.32 bits per heavy atom. The first-order valence-corrected chi connectivity index (χ1v) is 5.91. The van der Waals surface area contributed by atoms with Crippen LogP contribution >= 0.6 is 23.2 Å². The SMILES string of the molecule is NC(=O)C1=CC(C(F)(F)F)(C(F)(F)F)C=C(C(N)=O)C1(Cl)Cl. The predicted octanol–water partition coefficient (Wildman–Crippen LogP) is 2.11. The Hall–Kier alpha value is -1.42. The van der Waals surface area contributed by atoms with Crippen molar-refractivity contribution in [1.82, 2.24) is 0 Å². The maximum atomic E-state index is 13.0. The summed E-state index contributed by atoms with van der Waals surface area (Å²) in [7, 11) is 0. The van der Waals surface area contributed by atoms with Crippen LogP contribution in [0.25, 0.3) is 0 Å². The molecule has 0 spiro atoms. The minimum absolute atomic E-state index is 0.554. The zero-order valence-corrected chi connectivity index (χ0v) is 11.7. The summed E-state index contributed by atoms with van der Waals surface area (Å²) in [6, 6.07) is 0. The third-order valence-electron chi connectivity index (χ3n) is 2.89.